The van der Waals surface area contributed by atoms with Gasteiger partial charge in [0.15, 0.2) is 0 Å². The van der Waals surface area contributed by atoms with E-state index in [1.54, 1.807) is 0 Å². The lowest BCUT2D eigenvalue weighted by atomic mass is 9.85. The van der Waals surface area contributed by atoms with Gasteiger partial charge in [0.2, 0.25) is 0 Å². The van der Waals surface area contributed by atoms with Gasteiger partial charge in [0.1, 0.15) is 0 Å². The average Bonchev–Trinajstić information content (AvgIpc) is 2.51. The zero-order valence-corrected chi connectivity index (χ0v) is 8.42. The largest absolute Gasteiger partial charge is 0.396 e. The summed E-state index contributed by atoms with van der Waals surface area (Å²) >= 11 is 0. The molecule has 1 fully saturated rings. The first-order chi connectivity index (χ1) is 5.74. The third-order valence-electron chi connectivity index (χ3n) is 3.08. The molecule has 1 unspecified atom stereocenters. The topological polar surface area (TPSA) is 20.2 Å². The molecule has 0 aromatic heterocycles. The Labute approximate surface area is 76.2 Å². The summed E-state index contributed by atoms with van der Waals surface area (Å²) < 4.78 is 0. The van der Waals surface area contributed by atoms with Crippen molar-refractivity contribution >= 4 is 0 Å². The predicted octanol–water partition coefficient (Wildman–Crippen LogP) is 2.83. The highest BCUT2D eigenvalue weighted by Gasteiger charge is 2.24. The quantitative estimate of drug-likeness (QED) is 0.688. The lowest BCUT2D eigenvalue weighted by Gasteiger charge is -2.22. The van der Waals surface area contributed by atoms with Gasteiger partial charge in [0, 0.05) is 6.61 Å². The third kappa shape index (κ3) is 2.78. The van der Waals surface area contributed by atoms with Crippen molar-refractivity contribution in [1.29, 1.82) is 0 Å². The molecule has 0 aliphatic heterocycles. The molecule has 1 aliphatic rings. The zero-order valence-electron chi connectivity index (χ0n) is 8.42. The first-order valence-electron chi connectivity index (χ1n) is 5.35. The van der Waals surface area contributed by atoms with E-state index in [-0.39, 0.29) is 0 Å². The molecule has 0 aromatic carbocycles. The van der Waals surface area contributed by atoms with Crippen LogP contribution >= 0.6 is 0 Å². The Hall–Kier alpha value is -0.0400. The second-order valence-corrected chi connectivity index (χ2v) is 4.62. The van der Waals surface area contributed by atoms with Gasteiger partial charge in [-0.25, -0.2) is 0 Å². The van der Waals surface area contributed by atoms with Gasteiger partial charge >= 0.3 is 0 Å². The number of aliphatic hydroxyl groups is 1. The van der Waals surface area contributed by atoms with Crippen molar-refractivity contribution in [3.05, 3.63) is 0 Å². The molecular weight excluding hydrogens is 148 g/mol. The molecule has 1 aliphatic carbocycles. The molecule has 0 aromatic rings. The number of hydrogen-bond acceptors (Lipinski definition) is 1. The van der Waals surface area contributed by atoms with E-state index in [0.29, 0.717) is 12.5 Å². The predicted molar refractivity (Wildman–Crippen MR) is 52.0 cm³/mol. The lowest BCUT2D eigenvalue weighted by molar-refractivity contribution is 0.155. The van der Waals surface area contributed by atoms with Crippen LogP contribution in [0.15, 0.2) is 0 Å². The van der Waals surface area contributed by atoms with Gasteiger partial charge in [-0.3, -0.25) is 0 Å². The summed E-state index contributed by atoms with van der Waals surface area (Å²) in [5.74, 6) is 2.16. The smallest absolute Gasteiger partial charge is 0.0462 e. The van der Waals surface area contributed by atoms with E-state index in [9.17, 15) is 5.11 Å². The van der Waals surface area contributed by atoms with Gasteiger partial charge in [-0.15, -0.1) is 0 Å². The Balaban J connectivity index is 2.32. The SMILES string of the molecule is CC(C)CC(CO)C1CCCC1. The molecule has 0 saturated heterocycles. The van der Waals surface area contributed by atoms with Crippen molar-refractivity contribution in [2.75, 3.05) is 6.61 Å². The van der Waals surface area contributed by atoms with Gasteiger partial charge < -0.3 is 5.11 Å². The van der Waals surface area contributed by atoms with Crippen molar-refractivity contribution in [2.45, 2.75) is 46.0 Å². The van der Waals surface area contributed by atoms with Gasteiger partial charge in [0.05, 0.1) is 0 Å². The Morgan fingerprint density at radius 1 is 1.25 bits per heavy atom. The minimum Gasteiger partial charge on any atom is -0.396 e. The van der Waals surface area contributed by atoms with Gasteiger partial charge in [-0.1, -0.05) is 39.5 Å². The van der Waals surface area contributed by atoms with Gasteiger partial charge in [0.25, 0.3) is 0 Å². The Morgan fingerprint density at radius 2 is 1.83 bits per heavy atom. The monoisotopic (exact) mass is 170 g/mol. The number of hydrogen-bond donors (Lipinski definition) is 1. The molecule has 0 bridgehead atoms. The number of aliphatic hydroxyl groups excluding tert-OH is 1. The van der Waals surface area contributed by atoms with Crippen LogP contribution in [0, 0.1) is 17.8 Å². The lowest BCUT2D eigenvalue weighted by Crippen LogP contribution is -2.18. The van der Waals surface area contributed by atoms with Crippen molar-refractivity contribution in [3.8, 4) is 0 Å². The summed E-state index contributed by atoms with van der Waals surface area (Å²) in [5.41, 5.74) is 0. The van der Waals surface area contributed by atoms with Crippen LogP contribution < -0.4 is 0 Å². The molecule has 0 amide bonds. The second-order valence-electron chi connectivity index (χ2n) is 4.62. The Bertz CT molecular complexity index is 114. The van der Waals surface area contributed by atoms with Crippen LogP contribution in [0.4, 0.5) is 0 Å². The van der Waals surface area contributed by atoms with Crippen molar-refractivity contribution in [2.24, 2.45) is 17.8 Å². The van der Waals surface area contributed by atoms with Crippen LogP contribution in [-0.2, 0) is 0 Å². The molecular formula is C11H22O. The number of rotatable bonds is 4. The van der Waals surface area contributed by atoms with E-state index in [2.05, 4.69) is 13.8 Å². The highest BCUT2D eigenvalue weighted by molar-refractivity contribution is 4.75. The minimum atomic E-state index is 0.406. The van der Waals surface area contributed by atoms with Crippen molar-refractivity contribution < 1.29 is 5.11 Å². The van der Waals surface area contributed by atoms with Crippen molar-refractivity contribution in [3.63, 3.8) is 0 Å². The first kappa shape index (κ1) is 10.0. The van der Waals surface area contributed by atoms with E-state index in [1.165, 1.54) is 32.1 Å². The second kappa shape index (κ2) is 4.86. The standard InChI is InChI=1S/C11H22O/c1-9(2)7-11(8-12)10-5-3-4-6-10/h9-12H,3-8H2,1-2H3. The normalized spacial score (nSPS) is 22.0. The zero-order chi connectivity index (χ0) is 8.97. The molecule has 1 nitrogen and oxygen atoms in total. The highest BCUT2D eigenvalue weighted by Crippen LogP contribution is 2.34. The Kier molecular flexibility index (Phi) is 4.07. The van der Waals surface area contributed by atoms with Crippen LogP contribution in [0.5, 0.6) is 0 Å². The summed E-state index contributed by atoms with van der Waals surface area (Å²) in [5, 5.41) is 9.24. The fourth-order valence-corrected chi connectivity index (χ4v) is 2.45. The molecule has 0 heterocycles. The summed E-state index contributed by atoms with van der Waals surface area (Å²) in [7, 11) is 0. The van der Waals surface area contributed by atoms with Gasteiger partial charge in [-0.05, 0) is 24.2 Å². The fraction of sp³-hybridized carbons (Fsp3) is 1.00. The van der Waals surface area contributed by atoms with E-state index in [1.807, 2.05) is 0 Å². The minimum absolute atomic E-state index is 0.406. The van der Waals surface area contributed by atoms with E-state index < -0.39 is 0 Å². The van der Waals surface area contributed by atoms with Crippen LogP contribution in [0.2, 0.25) is 0 Å². The van der Waals surface area contributed by atoms with Crippen molar-refractivity contribution in [1.82, 2.24) is 0 Å². The maximum absolute atomic E-state index is 9.24. The molecule has 1 rings (SSSR count). The summed E-state index contributed by atoms with van der Waals surface area (Å²) in [6, 6.07) is 0. The third-order valence-corrected chi connectivity index (χ3v) is 3.08. The van der Waals surface area contributed by atoms with Gasteiger partial charge in [-0.2, -0.15) is 0 Å². The highest BCUT2D eigenvalue weighted by atomic mass is 16.3. The van der Waals surface area contributed by atoms with E-state index >= 15 is 0 Å². The molecule has 1 N–H and O–H groups in total. The maximum atomic E-state index is 9.24. The molecule has 0 radical (unpaired) electrons. The Morgan fingerprint density at radius 3 is 2.25 bits per heavy atom. The van der Waals surface area contributed by atoms with Crippen LogP contribution in [-0.4, -0.2) is 11.7 Å². The maximum Gasteiger partial charge on any atom is 0.0462 e. The van der Waals surface area contributed by atoms with Crippen LogP contribution in [0.1, 0.15) is 46.0 Å². The summed E-state index contributed by atoms with van der Waals surface area (Å²) in [6.07, 6.45) is 6.70. The van der Waals surface area contributed by atoms with E-state index in [0.717, 1.165) is 11.8 Å². The first-order valence-corrected chi connectivity index (χ1v) is 5.35. The fourth-order valence-electron chi connectivity index (χ4n) is 2.45. The summed E-state index contributed by atoms with van der Waals surface area (Å²) in [4.78, 5) is 0. The summed E-state index contributed by atoms with van der Waals surface area (Å²) in [6.45, 7) is 4.90. The average molecular weight is 170 g/mol. The molecule has 1 saturated carbocycles. The molecule has 1 atom stereocenters. The molecule has 1 heteroatoms. The van der Waals surface area contributed by atoms with Crippen LogP contribution in [0.25, 0.3) is 0 Å². The molecule has 0 spiro atoms. The molecule has 72 valence electrons. The molecule has 12 heavy (non-hydrogen) atoms. The van der Waals surface area contributed by atoms with E-state index in [4.69, 9.17) is 0 Å². The van der Waals surface area contributed by atoms with Crippen LogP contribution in [0.3, 0.4) is 0 Å².